The molecule has 2 aromatic carbocycles. The lowest BCUT2D eigenvalue weighted by Gasteiger charge is -2.34. The quantitative estimate of drug-likeness (QED) is 0.803. The molecule has 8 heteroatoms. The van der Waals surface area contributed by atoms with Gasteiger partial charge in [-0.1, -0.05) is 29.3 Å². The van der Waals surface area contributed by atoms with E-state index in [4.69, 9.17) is 23.2 Å². The molecule has 1 saturated heterocycles. The molecule has 1 N–H and O–H groups in total. The van der Waals surface area contributed by atoms with Crippen LogP contribution in [0.2, 0.25) is 10.0 Å². The minimum absolute atomic E-state index is 0.0270. The van der Waals surface area contributed by atoms with Gasteiger partial charge in [-0.3, -0.25) is 14.6 Å². The third-order valence-corrected chi connectivity index (χ3v) is 5.09. The second-order valence-electron chi connectivity index (χ2n) is 6.47. The van der Waals surface area contributed by atoms with E-state index in [1.165, 1.54) is 30.3 Å². The Morgan fingerprint density at radius 3 is 2.33 bits per heavy atom. The standard InChI is InChI=1S/C19H19Cl2F2N3O/c20-16-9-14(22)2-1-13(16)11-25-5-7-26(8-6-25)12-19(27)24-15-3-4-18(23)17(21)10-15/h1-4,9-10H,5-8,11-12H2,(H,24,27). The van der Waals surface area contributed by atoms with Gasteiger partial charge in [-0.2, -0.15) is 0 Å². The van der Waals surface area contributed by atoms with E-state index in [2.05, 4.69) is 10.2 Å². The maximum absolute atomic E-state index is 13.2. The van der Waals surface area contributed by atoms with E-state index in [1.54, 1.807) is 6.07 Å². The average molecular weight is 414 g/mol. The van der Waals surface area contributed by atoms with Gasteiger partial charge in [0, 0.05) is 43.4 Å². The van der Waals surface area contributed by atoms with E-state index < -0.39 is 5.82 Å². The average Bonchev–Trinajstić information content (AvgIpc) is 2.62. The first-order chi connectivity index (χ1) is 12.9. The van der Waals surface area contributed by atoms with Crippen LogP contribution < -0.4 is 5.32 Å². The predicted octanol–water partition coefficient (Wildman–Crippen LogP) is 4.03. The van der Waals surface area contributed by atoms with Crippen LogP contribution in [-0.2, 0) is 11.3 Å². The lowest BCUT2D eigenvalue weighted by atomic mass is 10.2. The fourth-order valence-corrected chi connectivity index (χ4v) is 3.38. The van der Waals surface area contributed by atoms with E-state index in [1.807, 2.05) is 4.90 Å². The summed E-state index contributed by atoms with van der Waals surface area (Å²) in [5.74, 6) is -1.04. The molecular formula is C19H19Cl2F2N3O. The van der Waals surface area contributed by atoms with Gasteiger partial charge >= 0.3 is 0 Å². The topological polar surface area (TPSA) is 35.6 Å². The van der Waals surface area contributed by atoms with E-state index >= 15 is 0 Å². The summed E-state index contributed by atoms with van der Waals surface area (Å²) in [6.07, 6.45) is 0. The first kappa shape index (κ1) is 20.0. The maximum atomic E-state index is 13.2. The number of carbonyl (C=O) groups excluding carboxylic acids is 1. The van der Waals surface area contributed by atoms with Crippen LogP contribution >= 0.6 is 23.2 Å². The molecule has 2 aromatic rings. The van der Waals surface area contributed by atoms with Gasteiger partial charge in [-0.05, 0) is 35.9 Å². The molecule has 27 heavy (non-hydrogen) atoms. The minimum Gasteiger partial charge on any atom is -0.325 e. The number of hydrogen-bond donors (Lipinski definition) is 1. The summed E-state index contributed by atoms with van der Waals surface area (Å²) in [7, 11) is 0. The summed E-state index contributed by atoms with van der Waals surface area (Å²) in [5.41, 5.74) is 1.36. The van der Waals surface area contributed by atoms with Gasteiger partial charge in [-0.25, -0.2) is 8.78 Å². The van der Waals surface area contributed by atoms with Crippen LogP contribution in [0.15, 0.2) is 36.4 Å². The predicted molar refractivity (Wildman–Crippen MR) is 103 cm³/mol. The molecule has 0 aliphatic carbocycles. The third kappa shape index (κ3) is 5.62. The summed E-state index contributed by atoms with van der Waals surface area (Å²) in [6, 6.07) is 8.51. The number of benzene rings is 2. The lowest BCUT2D eigenvalue weighted by molar-refractivity contribution is -0.117. The second kappa shape index (κ2) is 8.97. The van der Waals surface area contributed by atoms with E-state index in [9.17, 15) is 13.6 Å². The molecule has 1 aliphatic rings. The summed E-state index contributed by atoms with van der Waals surface area (Å²) >= 11 is 11.8. The monoisotopic (exact) mass is 413 g/mol. The zero-order valence-electron chi connectivity index (χ0n) is 14.5. The van der Waals surface area contributed by atoms with Crippen LogP contribution in [0.5, 0.6) is 0 Å². The molecule has 3 rings (SSSR count). The molecule has 0 spiro atoms. The van der Waals surface area contributed by atoms with Crippen LogP contribution in [0.1, 0.15) is 5.56 Å². The van der Waals surface area contributed by atoms with E-state index in [0.29, 0.717) is 17.3 Å². The smallest absolute Gasteiger partial charge is 0.238 e. The number of rotatable bonds is 5. The third-order valence-electron chi connectivity index (χ3n) is 4.44. The number of nitrogens with one attached hydrogen (secondary N) is 1. The van der Waals surface area contributed by atoms with Gasteiger partial charge < -0.3 is 5.32 Å². The number of hydrogen-bond acceptors (Lipinski definition) is 3. The maximum Gasteiger partial charge on any atom is 0.238 e. The Kier molecular flexibility index (Phi) is 6.65. The summed E-state index contributed by atoms with van der Waals surface area (Å²) < 4.78 is 26.3. The molecule has 0 saturated carbocycles. The van der Waals surface area contributed by atoms with Gasteiger partial charge in [0.15, 0.2) is 0 Å². The molecule has 0 atom stereocenters. The molecule has 1 heterocycles. The fourth-order valence-electron chi connectivity index (χ4n) is 2.97. The lowest BCUT2D eigenvalue weighted by Crippen LogP contribution is -2.48. The molecule has 1 amide bonds. The van der Waals surface area contributed by atoms with Crippen LogP contribution in [0.3, 0.4) is 0 Å². The number of halogens is 4. The molecule has 1 aliphatic heterocycles. The zero-order chi connectivity index (χ0) is 19.4. The Morgan fingerprint density at radius 2 is 1.67 bits per heavy atom. The van der Waals surface area contributed by atoms with Crippen molar-refractivity contribution in [2.45, 2.75) is 6.54 Å². The molecule has 0 unspecified atom stereocenters. The van der Waals surface area contributed by atoms with Crippen LogP contribution in [-0.4, -0.2) is 48.4 Å². The van der Waals surface area contributed by atoms with Crippen molar-refractivity contribution in [2.24, 2.45) is 0 Å². The SMILES string of the molecule is O=C(CN1CCN(Cc2ccc(F)cc2Cl)CC1)Nc1ccc(F)c(Cl)c1. The van der Waals surface area contributed by atoms with E-state index in [0.717, 1.165) is 31.7 Å². The molecule has 1 fully saturated rings. The zero-order valence-corrected chi connectivity index (χ0v) is 16.0. The number of piperazine rings is 1. The van der Waals surface area contributed by atoms with Crippen molar-refractivity contribution in [2.75, 3.05) is 38.0 Å². The van der Waals surface area contributed by atoms with Crippen molar-refractivity contribution in [1.29, 1.82) is 0 Å². The van der Waals surface area contributed by atoms with E-state index in [-0.39, 0.29) is 23.3 Å². The Bertz CT molecular complexity index is 827. The number of amides is 1. The molecule has 0 aromatic heterocycles. The normalized spacial score (nSPS) is 15.7. The van der Waals surface area contributed by atoms with Gasteiger partial charge in [0.25, 0.3) is 0 Å². The minimum atomic E-state index is -0.521. The molecule has 0 radical (unpaired) electrons. The Labute approximate surface area is 166 Å². The van der Waals surface area contributed by atoms with Gasteiger partial charge in [-0.15, -0.1) is 0 Å². The highest BCUT2D eigenvalue weighted by Gasteiger charge is 2.20. The highest BCUT2D eigenvalue weighted by Crippen LogP contribution is 2.21. The van der Waals surface area contributed by atoms with Crippen molar-refractivity contribution >= 4 is 34.8 Å². The summed E-state index contributed by atoms with van der Waals surface area (Å²) in [6.45, 7) is 3.92. The van der Waals surface area contributed by atoms with Crippen LogP contribution in [0, 0.1) is 11.6 Å². The number of anilines is 1. The van der Waals surface area contributed by atoms with Crippen molar-refractivity contribution in [3.05, 3.63) is 63.6 Å². The molecule has 144 valence electrons. The van der Waals surface area contributed by atoms with Crippen molar-refractivity contribution in [1.82, 2.24) is 9.80 Å². The highest BCUT2D eigenvalue weighted by atomic mass is 35.5. The van der Waals surface area contributed by atoms with Crippen LogP contribution in [0.4, 0.5) is 14.5 Å². The van der Waals surface area contributed by atoms with Crippen LogP contribution in [0.25, 0.3) is 0 Å². The van der Waals surface area contributed by atoms with Gasteiger partial charge in [0.1, 0.15) is 11.6 Å². The second-order valence-corrected chi connectivity index (χ2v) is 7.28. The highest BCUT2D eigenvalue weighted by molar-refractivity contribution is 6.31. The van der Waals surface area contributed by atoms with Gasteiger partial charge in [0.05, 0.1) is 11.6 Å². The Morgan fingerprint density at radius 1 is 0.963 bits per heavy atom. The fraction of sp³-hybridized carbons (Fsp3) is 0.316. The summed E-state index contributed by atoms with van der Waals surface area (Å²) in [5, 5.41) is 3.12. The molecular weight excluding hydrogens is 395 g/mol. The number of nitrogens with zero attached hydrogens (tertiary/aromatic N) is 2. The Hall–Kier alpha value is -1.73. The van der Waals surface area contributed by atoms with Crippen molar-refractivity contribution in [3.63, 3.8) is 0 Å². The molecule has 0 bridgehead atoms. The largest absolute Gasteiger partial charge is 0.325 e. The first-order valence-electron chi connectivity index (χ1n) is 8.54. The molecule has 4 nitrogen and oxygen atoms in total. The first-order valence-corrected chi connectivity index (χ1v) is 9.30. The van der Waals surface area contributed by atoms with Gasteiger partial charge in [0.2, 0.25) is 5.91 Å². The van der Waals surface area contributed by atoms with Crippen molar-refractivity contribution < 1.29 is 13.6 Å². The van der Waals surface area contributed by atoms with Crippen molar-refractivity contribution in [3.8, 4) is 0 Å². The number of carbonyl (C=O) groups is 1. The Balaban J connectivity index is 1.46. The summed E-state index contributed by atoms with van der Waals surface area (Å²) in [4.78, 5) is 16.4.